The number of hydrogen-bond acceptors (Lipinski definition) is 6. The van der Waals surface area contributed by atoms with E-state index in [2.05, 4.69) is 34.1 Å². The summed E-state index contributed by atoms with van der Waals surface area (Å²) in [4.78, 5) is 27.7. The van der Waals surface area contributed by atoms with Crippen LogP contribution in [-0.2, 0) is 14.3 Å². The number of carbonyl (C=O) groups is 2. The van der Waals surface area contributed by atoms with Crippen molar-refractivity contribution in [3.8, 4) is 10.6 Å². The highest BCUT2D eigenvalue weighted by Crippen LogP contribution is 2.31. The van der Waals surface area contributed by atoms with E-state index in [1.54, 1.807) is 11.3 Å². The number of esters is 1. The van der Waals surface area contributed by atoms with E-state index in [1.807, 2.05) is 30.3 Å². The van der Waals surface area contributed by atoms with Gasteiger partial charge in [-0.25, -0.2) is 4.98 Å². The van der Waals surface area contributed by atoms with Crippen LogP contribution in [0.2, 0.25) is 0 Å². The number of thioether (sulfide) groups is 1. The topological polar surface area (TPSA) is 68.3 Å². The molecule has 3 rings (SSSR count). The van der Waals surface area contributed by atoms with Gasteiger partial charge in [0.2, 0.25) is 5.91 Å². The highest BCUT2D eigenvalue weighted by molar-refractivity contribution is 7.99. The summed E-state index contributed by atoms with van der Waals surface area (Å²) in [6, 6.07) is 13.9. The number of methoxy groups -OCH3 is 1. The molecule has 0 aliphatic rings. The molecule has 0 aliphatic carbocycles. The van der Waals surface area contributed by atoms with Crippen molar-refractivity contribution >= 4 is 50.9 Å². The third-order valence-corrected chi connectivity index (χ3v) is 5.90. The largest absolute Gasteiger partial charge is 0.469 e. The molecule has 0 spiro atoms. The van der Waals surface area contributed by atoms with Crippen molar-refractivity contribution in [2.24, 2.45) is 0 Å². The third kappa shape index (κ3) is 5.30. The number of nitrogens with one attached hydrogen (secondary N) is 1. The summed E-state index contributed by atoms with van der Waals surface area (Å²) in [5, 5.41) is 3.83. The lowest BCUT2D eigenvalue weighted by atomic mass is 10.2. The number of fused-ring (bicyclic) bond motifs is 1. The smallest absolute Gasteiger partial charge is 0.306 e. The van der Waals surface area contributed by atoms with Crippen LogP contribution in [0.15, 0.2) is 42.5 Å². The van der Waals surface area contributed by atoms with Gasteiger partial charge in [0.05, 0.1) is 29.5 Å². The van der Waals surface area contributed by atoms with Gasteiger partial charge in [-0.2, -0.15) is 11.8 Å². The quantitative estimate of drug-likeness (QED) is 0.467. The highest BCUT2D eigenvalue weighted by atomic mass is 32.2. The minimum Gasteiger partial charge on any atom is -0.469 e. The van der Waals surface area contributed by atoms with Gasteiger partial charge in [0, 0.05) is 17.0 Å². The molecule has 0 radical (unpaired) electrons. The van der Waals surface area contributed by atoms with Crippen LogP contribution in [0, 0.1) is 6.92 Å². The van der Waals surface area contributed by atoms with Crippen LogP contribution >= 0.6 is 23.1 Å². The van der Waals surface area contributed by atoms with Crippen molar-refractivity contribution < 1.29 is 14.3 Å². The first-order valence-corrected chi connectivity index (χ1v) is 10.4. The Labute approximate surface area is 166 Å². The van der Waals surface area contributed by atoms with Crippen molar-refractivity contribution in [3.63, 3.8) is 0 Å². The van der Waals surface area contributed by atoms with Crippen LogP contribution in [0.3, 0.4) is 0 Å². The molecular formula is C20H20N2O3S2. The Morgan fingerprint density at radius 2 is 1.96 bits per heavy atom. The summed E-state index contributed by atoms with van der Waals surface area (Å²) in [7, 11) is 1.36. The second kappa shape index (κ2) is 9.01. The fraction of sp³-hybridized carbons (Fsp3) is 0.250. The van der Waals surface area contributed by atoms with Gasteiger partial charge in [-0.1, -0.05) is 6.07 Å². The van der Waals surface area contributed by atoms with Crippen molar-refractivity contribution in [2.45, 2.75) is 13.3 Å². The summed E-state index contributed by atoms with van der Waals surface area (Å²) in [5.41, 5.74) is 4.00. The summed E-state index contributed by atoms with van der Waals surface area (Å²) >= 11 is 3.07. The van der Waals surface area contributed by atoms with Crippen molar-refractivity contribution in [2.75, 3.05) is 23.9 Å². The molecule has 140 valence electrons. The van der Waals surface area contributed by atoms with Crippen LogP contribution in [0.5, 0.6) is 0 Å². The van der Waals surface area contributed by atoms with Gasteiger partial charge in [-0.3, -0.25) is 9.59 Å². The van der Waals surface area contributed by atoms with Gasteiger partial charge < -0.3 is 10.1 Å². The van der Waals surface area contributed by atoms with Gasteiger partial charge in [-0.15, -0.1) is 11.3 Å². The second-order valence-corrected chi connectivity index (χ2v) is 8.13. The Kier molecular flexibility index (Phi) is 6.47. The average molecular weight is 401 g/mol. The van der Waals surface area contributed by atoms with Gasteiger partial charge in [0.25, 0.3) is 0 Å². The lowest BCUT2D eigenvalue weighted by molar-refractivity contribution is -0.140. The Bertz CT molecular complexity index is 952. The monoisotopic (exact) mass is 400 g/mol. The van der Waals surface area contributed by atoms with Crippen LogP contribution in [0.4, 0.5) is 5.69 Å². The minimum absolute atomic E-state index is 0.0897. The molecule has 0 saturated heterocycles. The second-order valence-electron chi connectivity index (χ2n) is 5.99. The van der Waals surface area contributed by atoms with Crippen molar-refractivity contribution in [1.82, 2.24) is 4.98 Å². The standard InChI is InChI=1S/C20H20N2O3S2/c1-13-3-8-16-17(11-13)27-20(22-16)14-4-6-15(7-5-14)21-18(23)12-26-10-9-19(24)25-2/h3-8,11H,9-10,12H2,1-2H3,(H,21,23). The van der Waals surface area contributed by atoms with Crippen molar-refractivity contribution in [3.05, 3.63) is 48.0 Å². The van der Waals surface area contributed by atoms with E-state index in [9.17, 15) is 9.59 Å². The third-order valence-electron chi connectivity index (χ3n) is 3.87. The van der Waals surface area contributed by atoms with Gasteiger partial charge in [0.1, 0.15) is 5.01 Å². The van der Waals surface area contributed by atoms with Crippen LogP contribution < -0.4 is 5.32 Å². The van der Waals surface area contributed by atoms with Gasteiger partial charge in [-0.05, 0) is 48.9 Å². The van der Waals surface area contributed by atoms with E-state index in [-0.39, 0.29) is 11.9 Å². The predicted octanol–water partition coefficient (Wildman–Crippen LogP) is 4.51. The fourth-order valence-corrected chi connectivity index (χ4v) is 4.25. The van der Waals surface area contributed by atoms with E-state index in [1.165, 1.54) is 29.1 Å². The van der Waals surface area contributed by atoms with E-state index < -0.39 is 0 Å². The zero-order chi connectivity index (χ0) is 19.2. The lowest BCUT2D eigenvalue weighted by Crippen LogP contribution is -2.14. The zero-order valence-electron chi connectivity index (χ0n) is 15.2. The molecule has 0 bridgehead atoms. The zero-order valence-corrected chi connectivity index (χ0v) is 16.8. The number of rotatable bonds is 7. The van der Waals surface area contributed by atoms with Crippen LogP contribution in [-0.4, -0.2) is 35.5 Å². The summed E-state index contributed by atoms with van der Waals surface area (Å²) in [6.07, 6.45) is 0.310. The summed E-state index contributed by atoms with van der Waals surface area (Å²) in [5.74, 6) is 0.517. The van der Waals surface area contributed by atoms with E-state index in [4.69, 9.17) is 0 Å². The van der Waals surface area contributed by atoms with Crippen molar-refractivity contribution in [1.29, 1.82) is 0 Å². The number of thiazole rings is 1. The molecule has 1 aromatic heterocycles. The molecule has 7 heteroatoms. The number of carbonyl (C=O) groups excluding carboxylic acids is 2. The number of ether oxygens (including phenoxy) is 1. The van der Waals surface area contributed by atoms with E-state index in [0.717, 1.165) is 21.8 Å². The number of amides is 1. The average Bonchev–Trinajstić information content (AvgIpc) is 3.08. The number of aryl methyl sites for hydroxylation is 1. The first-order valence-electron chi connectivity index (χ1n) is 8.47. The molecule has 2 aromatic carbocycles. The van der Waals surface area contributed by atoms with Gasteiger partial charge in [0.15, 0.2) is 0 Å². The maximum Gasteiger partial charge on any atom is 0.306 e. The predicted molar refractivity (Wildman–Crippen MR) is 112 cm³/mol. The van der Waals surface area contributed by atoms with E-state index in [0.29, 0.717) is 17.9 Å². The molecule has 0 atom stereocenters. The summed E-state index contributed by atoms with van der Waals surface area (Å²) in [6.45, 7) is 2.07. The number of anilines is 1. The Hall–Kier alpha value is -2.38. The van der Waals surface area contributed by atoms with Crippen LogP contribution in [0.1, 0.15) is 12.0 Å². The lowest BCUT2D eigenvalue weighted by Gasteiger charge is -2.06. The molecular weight excluding hydrogens is 380 g/mol. The number of benzene rings is 2. The molecule has 1 amide bonds. The first kappa shape index (κ1) is 19.4. The minimum atomic E-state index is -0.261. The molecule has 3 aromatic rings. The maximum atomic E-state index is 12.0. The van der Waals surface area contributed by atoms with Gasteiger partial charge >= 0.3 is 5.97 Å². The molecule has 0 aliphatic heterocycles. The number of aromatic nitrogens is 1. The molecule has 27 heavy (non-hydrogen) atoms. The highest BCUT2D eigenvalue weighted by Gasteiger charge is 2.08. The normalized spacial score (nSPS) is 10.7. The Morgan fingerprint density at radius 1 is 1.19 bits per heavy atom. The Morgan fingerprint density at radius 3 is 2.70 bits per heavy atom. The molecule has 5 nitrogen and oxygen atoms in total. The number of nitrogens with zero attached hydrogens (tertiary/aromatic N) is 1. The first-order chi connectivity index (χ1) is 13.0. The van der Waals surface area contributed by atoms with Crippen LogP contribution in [0.25, 0.3) is 20.8 Å². The molecule has 0 fully saturated rings. The number of hydrogen-bond donors (Lipinski definition) is 1. The molecule has 0 saturated carbocycles. The fourth-order valence-electron chi connectivity index (χ4n) is 2.47. The molecule has 0 unspecified atom stereocenters. The maximum absolute atomic E-state index is 12.0. The Balaban J connectivity index is 1.56. The summed E-state index contributed by atoms with van der Waals surface area (Å²) < 4.78 is 5.74. The van der Waals surface area contributed by atoms with E-state index >= 15 is 0 Å². The molecule has 1 N–H and O–H groups in total. The SMILES string of the molecule is COC(=O)CCSCC(=O)Nc1ccc(-c2nc3ccc(C)cc3s2)cc1. The molecule has 1 heterocycles.